The van der Waals surface area contributed by atoms with Gasteiger partial charge in [-0.15, -0.1) is 4.91 Å². The molecule has 0 amide bonds. The van der Waals surface area contributed by atoms with Crippen LogP contribution >= 0.6 is 0 Å². The van der Waals surface area contributed by atoms with Crippen LogP contribution in [0.2, 0.25) is 0 Å². The fourth-order valence-electron chi connectivity index (χ4n) is 1.24. The van der Waals surface area contributed by atoms with E-state index >= 15 is 0 Å². The summed E-state index contributed by atoms with van der Waals surface area (Å²) >= 11 is 0. The lowest BCUT2D eigenvalue weighted by atomic mass is 9.86. The minimum atomic E-state index is -0.300. The summed E-state index contributed by atoms with van der Waals surface area (Å²) in [6.45, 7) is 5.69. The Labute approximate surface area is 82.2 Å². The van der Waals surface area contributed by atoms with Gasteiger partial charge in [0.25, 0.3) is 0 Å². The quantitative estimate of drug-likeness (QED) is 0.677. The second-order valence-electron chi connectivity index (χ2n) is 4.20. The van der Waals surface area contributed by atoms with Crippen LogP contribution < -0.4 is 0 Å². The highest BCUT2D eigenvalue weighted by atomic mass is 16.3. The van der Waals surface area contributed by atoms with Gasteiger partial charge in [-0.1, -0.05) is 20.8 Å². The lowest BCUT2D eigenvalue weighted by Gasteiger charge is -2.20. The number of phenols is 2. The third-order valence-corrected chi connectivity index (χ3v) is 2.00. The molecule has 0 atom stereocenters. The van der Waals surface area contributed by atoms with E-state index in [0.717, 1.165) is 6.07 Å². The Balaban J connectivity index is 3.39. The number of benzene rings is 1. The van der Waals surface area contributed by atoms with Crippen LogP contribution in [0.4, 0.5) is 5.69 Å². The van der Waals surface area contributed by atoms with Crippen molar-refractivity contribution < 1.29 is 10.2 Å². The molecule has 0 aliphatic rings. The van der Waals surface area contributed by atoms with E-state index in [1.54, 1.807) is 0 Å². The van der Waals surface area contributed by atoms with Gasteiger partial charge in [0.1, 0.15) is 17.2 Å². The van der Waals surface area contributed by atoms with Gasteiger partial charge < -0.3 is 10.2 Å². The molecule has 0 heterocycles. The zero-order valence-corrected chi connectivity index (χ0v) is 8.40. The summed E-state index contributed by atoms with van der Waals surface area (Å²) in [5.41, 5.74) is 0.245. The van der Waals surface area contributed by atoms with E-state index in [-0.39, 0.29) is 22.6 Å². The second kappa shape index (κ2) is 3.29. The fourth-order valence-corrected chi connectivity index (χ4v) is 1.24. The number of hydrogen-bond acceptors (Lipinski definition) is 4. The Morgan fingerprint density at radius 2 is 1.71 bits per heavy atom. The Bertz CT molecular complexity index is 366. The average Bonchev–Trinajstić information content (AvgIpc) is 2.02. The molecular weight excluding hydrogens is 182 g/mol. The largest absolute Gasteiger partial charge is 0.508 e. The number of nitroso groups, excluding NO2 is 1. The first-order chi connectivity index (χ1) is 6.36. The monoisotopic (exact) mass is 195 g/mol. The van der Waals surface area contributed by atoms with Crippen LogP contribution in [0, 0.1) is 4.91 Å². The first-order valence-electron chi connectivity index (χ1n) is 4.26. The number of hydrogen-bond donors (Lipinski definition) is 2. The Hall–Kier alpha value is -1.58. The minimum absolute atomic E-state index is 0.0256. The van der Waals surface area contributed by atoms with Crippen molar-refractivity contribution in [1.82, 2.24) is 0 Å². The maximum absolute atomic E-state index is 10.3. The highest BCUT2D eigenvalue weighted by Gasteiger charge is 2.20. The van der Waals surface area contributed by atoms with Crippen molar-refractivity contribution in [3.8, 4) is 11.5 Å². The predicted molar refractivity (Wildman–Crippen MR) is 53.9 cm³/mol. The lowest BCUT2D eigenvalue weighted by Crippen LogP contribution is -2.10. The topological polar surface area (TPSA) is 69.9 Å². The molecule has 76 valence electrons. The van der Waals surface area contributed by atoms with E-state index in [9.17, 15) is 15.1 Å². The van der Waals surface area contributed by atoms with Gasteiger partial charge in [-0.25, -0.2) is 0 Å². The maximum Gasteiger partial charge on any atom is 0.150 e. The summed E-state index contributed by atoms with van der Waals surface area (Å²) in [6.07, 6.45) is 0. The molecule has 0 saturated carbocycles. The molecule has 0 bridgehead atoms. The standard InChI is InChI=1S/C10H13NO3/c1-10(2,3)6-4-7(11-14)9(13)5-8(6)12/h4-5,12-13H,1-3H3. The third-order valence-electron chi connectivity index (χ3n) is 2.00. The Kier molecular flexibility index (Phi) is 2.47. The SMILES string of the molecule is CC(C)(C)c1cc(N=O)c(O)cc1O. The lowest BCUT2D eigenvalue weighted by molar-refractivity contribution is 0.432. The molecule has 0 saturated heterocycles. The van der Waals surface area contributed by atoms with Gasteiger partial charge in [0.15, 0.2) is 0 Å². The van der Waals surface area contributed by atoms with Gasteiger partial charge in [-0.2, -0.15) is 0 Å². The van der Waals surface area contributed by atoms with Crippen molar-refractivity contribution in [3.63, 3.8) is 0 Å². The van der Waals surface area contributed by atoms with Crippen molar-refractivity contribution in [1.29, 1.82) is 0 Å². The predicted octanol–water partition coefficient (Wildman–Crippen LogP) is 2.79. The van der Waals surface area contributed by atoms with Crippen LogP contribution in [0.5, 0.6) is 11.5 Å². The van der Waals surface area contributed by atoms with Crippen LogP contribution in [-0.4, -0.2) is 10.2 Å². The fraction of sp³-hybridized carbons (Fsp3) is 0.400. The minimum Gasteiger partial charge on any atom is -0.508 e. The number of rotatable bonds is 1. The highest BCUT2D eigenvalue weighted by molar-refractivity contribution is 5.58. The molecule has 0 spiro atoms. The van der Waals surface area contributed by atoms with Gasteiger partial charge in [0.2, 0.25) is 0 Å². The van der Waals surface area contributed by atoms with Crippen molar-refractivity contribution >= 4 is 5.69 Å². The van der Waals surface area contributed by atoms with E-state index in [0.29, 0.717) is 5.56 Å². The summed E-state index contributed by atoms with van der Waals surface area (Å²) in [4.78, 5) is 10.3. The molecule has 14 heavy (non-hydrogen) atoms. The molecular formula is C10H13NO3. The molecule has 2 N–H and O–H groups in total. The van der Waals surface area contributed by atoms with Crippen LogP contribution in [0.25, 0.3) is 0 Å². The van der Waals surface area contributed by atoms with E-state index in [1.807, 2.05) is 20.8 Å². The van der Waals surface area contributed by atoms with Gasteiger partial charge in [-0.05, 0) is 16.7 Å². The van der Waals surface area contributed by atoms with E-state index in [2.05, 4.69) is 5.18 Å². The zero-order chi connectivity index (χ0) is 10.9. The smallest absolute Gasteiger partial charge is 0.150 e. The van der Waals surface area contributed by atoms with Crippen LogP contribution in [-0.2, 0) is 5.41 Å². The molecule has 1 rings (SSSR count). The molecule has 4 heteroatoms. The summed E-state index contributed by atoms with van der Waals surface area (Å²) in [7, 11) is 0. The molecule has 0 aromatic heterocycles. The van der Waals surface area contributed by atoms with Gasteiger partial charge in [-0.3, -0.25) is 0 Å². The number of nitrogens with zero attached hydrogens (tertiary/aromatic N) is 1. The van der Waals surface area contributed by atoms with Crippen molar-refractivity contribution in [2.24, 2.45) is 5.18 Å². The van der Waals surface area contributed by atoms with Gasteiger partial charge >= 0.3 is 0 Å². The normalized spacial score (nSPS) is 11.4. The summed E-state index contributed by atoms with van der Waals surface area (Å²) in [5, 5.41) is 21.4. The number of phenolic OH excluding ortho intramolecular Hbond substituents is 2. The summed E-state index contributed by atoms with van der Waals surface area (Å²) in [5.74, 6) is -0.326. The first kappa shape index (κ1) is 10.5. The van der Waals surface area contributed by atoms with Crippen molar-refractivity contribution in [2.75, 3.05) is 0 Å². The molecule has 0 radical (unpaired) electrons. The van der Waals surface area contributed by atoms with E-state index in [4.69, 9.17) is 0 Å². The average molecular weight is 195 g/mol. The highest BCUT2D eigenvalue weighted by Crippen LogP contribution is 2.38. The zero-order valence-electron chi connectivity index (χ0n) is 8.40. The maximum atomic E-state index is 10.3. The Morgan fingerprint density at radius 3 is 2.14 bits per heavy atom. The van der Waals surface area contributed by atoms with E-state index in [1.165, 1.54) is 6.07 Å². The van der Waals surface area contributed by atoms with Crippen LogP contribution in [0.3, 0.4) is 0 Å². The third kappa shape index (κ3) is 1.84. The summed E-state index contributed by atoms with van der Waals surface area (Å²) in [6, 6.07) is 2.54. The van der Waals surface area contributed by atoms with Crippen LogP contribution in [0.1, 0.15) is 26.3 Å². The van der Waals surface area contributed by atoms with E-state index < -0.39 is 0 Å². The second-order valence-corrected chi connectivity index (χ2v) is 4.20. The van der Waals surface area contributed by atoms with Crippen molar-refractivity contribution in [3.05, 3.63) is 22.6 Å². The van der Waals surface area contributed by atoms with Gasteiger partial charge in [0.05, 0.1) is 0 Å². The summed E-state index contributed by atoms with van der Waals surface area (Å²) < 4.78 is 0. The Morgan fingerprint density at radius 1 is 1.14 bits per heavy atom. The molecule has 1 aromatic rings. The molecule has 0 unspecified atom stereocenters. The first-order valence-corrected chi connectivity index (χ1v) is 4.26. The molecule has 0 fully saturated rings. The van der Waals surface area contributed by atoms with Gasteiger partial charge in [0, 0.05) is 11.6 Å². The van der Waals surface area contributed by atoms with Crippen LogP contribution in [0.15, 0.2) is 17.3 Å². The molecule has 0 aliphatic heterocycles. The molecule has 0 aliphatic carbocycles. The molecule has 4 nitrogen and oxygen atoms in total. The molecule has 1 aromatic carbocycles. The number of aromatic hydroxyl groups is 2. The van der Waals surface area contributed by atoms with Crippen molar-refractivity contribution in [2.45, 2.75) is 26.2 Å².